The molecular formula is C9H17NO3S. The summed E-state index contributed by atoms with van der Waals surface area (Å²) in [7, 11) is -2.75. The second kappa shape index (κ2) is 4.16. The third-order valence-electron chi connectivity index (χ3n) is 2.82. The Kier molecular flexibility index (Phi) is 3.09. The molecule has 2 saturated heterocycles. The van der Waals surface area contributed by atoms with E-state index in [0.717, 1.165) is 32.5 Å². The average Bonchev–Trinajstić information content (AvgIpc) is 2.90. The normalized spacial score (nSPS) is 32.4. The minimum Gasteiger partial charge on any atom is -0.373 e. The number of hydrogen-bond acceptors (Lipinski definition) is 4. The Morgan fingerprint density at radius 2 is 2.07 bits per heavy atom. The van der Waals surface area contributed by atoms with Crippen LogP contribution in [0.4, 0.5) is 0 Å². The lowest BCUT2D eigenvalue weighted by Gasteiger charge is -2.17. The Hall–Kier alpha value is -0.130. The summed E-state index contributed by atoms with van der Waals surface area (Å²) in [5, 5.41) is 0. The van der Waals surface area contributed by atoms with Gasteiger partial charge in [-0.05, 0) is 19.4 Å². The van der Waals surface area contributed by atoms with Gasteiger partial charge in [-0.1, -0.05) is 0 Å². The van der Waals surface area contributed by atoms with Crippen molar-refractivity contribution < 1.29 is 13.2 Å². The molecule has 0 N–H and O–H groups in total. The standard InChI is InChI=1S/C9H17NO3S/c11-14(12)6-1-3-10(5-7-14)4-2-9-8-13-9/h9H,1-8H2. The van der Waals surface area contributed by atoms with Crippen molar-refractivity contribution in [2.45, 2.75) is 18.9 Å². The lowest BCUT2D eigenvalue weighted by Crippen LogP contribution is -2.28. The summed E-state index contributed by atoms with van der Waals surface area (Å²) < 4.78 is 27.8. The fourth-order valence-electron chi connectivity index (χ4n) is 1.78. The third-order valence-corrected chi connectivity index (χ3v) is 4.53. The number of nitrogens with zero attached hydrogens (tertiary/aromatic N) is 1. The van der Waals surface area contributed by atoms with E-state index >= 15 is 0 Å². The highest BCUT2D eigenvalue weighted by Crippen LogP contribution is 2.14. The van der Waals surface area contributed by atoms with Gasteiger partial charge in [-0.2, -0.15) is 0 Å². The van der Waals surface area contributed by atoms with Gasteiger partial charge < -0.3 is 9.64 Å². The molecule has 1 unspecified atom stereocenters. The second-order valence-electron chi connectivity index (χ2n) is 4.09. The first-order valence-electron chi connectivity index (χ1n) is 5.20. The summed E-state index contributed by atoms with van der Waals surface area (Å²) in [5.74, 6) is 0.696. The summed E-state index contributed by atoms with van der Waals surface area (Å²) in [4.78, 5) is 2.24. The van der Waals surface area contributed by atoms with Gasteiger partial charge in [0.1, 0.15) is 0 Å². The zero-order chi connectivity index (χ0) is 10.0. The van der Waals surface area contributed by atoms with Gasteiger partial charge in [-0.3, -0.25) is 0 Å². The quantitative estimate of drug-likeness (QED) is 0.622. The van der Waals surface area contributed by atoms with Crippen LogP contribution >= 0.6 is 0 Å². The van der Waals surface area contributed by atoms with Crippen LogP contribution in [0, 0.1) is 0 Å². The molecule has 2 aliphatic heterocycles. The van der Waals surface area contributed by atoms with Crippen LogP contribution in [0.25, 0.3) is 0 Å². The van der Waals surface area contributed by atoms with Gasteiger partial charge in [-0.25, -0.2) is 8.42 Å². The van der Waals surface area contributed by atoms with E-state index in [2.05, 4.69) is 4.90 Å². The highest BCUT2D eigenvalue weighted by atomic mass is 32.2. The van der Waals surface area contributed by atoms with Crippen molar-refractivity contribution in [3.8, 4) is 0 Å². The first kappa shape index (κ1) is 10.4. The molecule has 0 aromatic heterocycles. The average molecular weight is 219 g/mol. The first-order valence-corrected chi connectivity index (χ1v) is 7.02. The number of hydrogen-bond donors (Lipinski definition) is 0. The highest BCUT2D eigenvalue weighted by Gasteiger charge is 2.24. The Morgan fingerprint density at radius 1 is 1.29 bits per heavy atom. The largest absolute Gasteiger partial charge is 0.373 e. The van der Waals surface area contributed by atoms with E-state index in [1.807, 2.05) is 0 Å². The zero-order valence-corrected chi connectivity index (χ0v) is 9.13. The summed E-state index contributed by atoms with van der Waals surface area (Å²) >= 11 is 0. The predicted molar refractivity (Wildman–Crippen MR) is 54.1 cm³/mol. The Bertz CT molecular complexity index is 284. The molecule has 0 saturated carbocycles. The molecule has 5 heteroatoms. The summed E-state index contributed by atoms with van der Waals surface area (Å²) in [6, 6.07) is 0. The van der Waals surface area contributed by atoms with Crippen molar-refractivity contribution >= 4 is 9.84 Å². The van der Waals surface area contributed by atoms with Crippen molar-refractivity contribution in [3.63, 3.8) is 0 Å². The van der Waals surface area contributed by atoms with Crippen LogP contribution in [0.15, 0.2) is 0 Å². The van der Waals surface area contributed by atoms with Crippen LogP contribution in [0.3, 0.4) is 0 Å². The molecule has 2 rings (SSSR count). The lowest BCUT2D eigenvalue weighted by molar-refractivity contribution is 0.273. The Balaban J connectivity index is 1.76. The molecule has 0 aromatic carbocycles. The van der Waals surface area contributed by atoms with Gasteiger partial charge in [0.2, 0.25) is 0 Å². The molecule has 2 heterocycles. The van der Waals surface area contributed by atoms with Crippen molar-refractivity contribution in [2.24, 2.45) is 0 Å². The zero-order valence-electron chi connectivity index (χ0n) is 8.31. The van der Waals surface area contributed by atoms with Gasteiger partial charge in [0.15, 0.2) is 9.84 Å². The maximum Gasteiger partial charge on any atom is 0.151 e. The predicted octanol–water partition coefficient (Wildman–Crippen LogP) is -0.104. The monoisotopic (exact) mass is 219 g/mol. The van der Waals surface area contributed by atoms with Crippen LogP contribution in [-0.4, -0.2) is 57.2 Å². The first-order chi connectivity index (χ1) is 6.66. The van der Waals surface area contributed by atoms with Gasteiger partial charge in [0.05, 0.1) is 24.2 Å². The minimum absolute atomic E-state index is 0.332. The summed E-state index contributed by atoms with van der Waals surface area (Å²) in [6.07, 6.45) is 2.29. The van der Waals surface area contributed by atoms with Gasteiger partial charge in [0, 0.05) is 13.1 Å². The van der Waals surface area contributed by atoms with Gasteiger partial charge in [-0.15, -0.1) is 0 Å². The van der Waals surface area contributed by atoms with E-state index in [4.69, 9.17) is 4.74 Å². The molecular weight excluding hydrogens is 202 g/mol. The Labute approximate surface area is 85.1 Å². The van der Waals surface area contributed by atoms with E-state index in [-0.39, 0.29) is 0 Å². The molecule has 82 valence electrons. The Morgan fingerprint density at radius 3 is 2.79 bits per heavy atom. The van der Waals surface area contributed by atoms with Crippen molar-refractivity contribution in [3.05, 3.63) is 0 Å². The van der Waals surface area contributed by atoms with Crippen LogP contribution in [0.2, 0.25) is 0 Å². The lowest BCUT2D eigenvalue weighted by atomic mass is 10.3. The SMILES string of the molecule is O=S1(=O)CCCN(CCC2CO2)CC1. The number of rotatable bonds is 3. The van der Waals surface area contributed by atoms with E-state index in [1.54, 1.807) is 0 Å². The van der Waals surface area contributed by atoms with E-state index in [1.165, 1.54) is 0 Å². The molecule has 0 bridgehead atoms. The van der Waals surface area contributed by atoms with E-state index < -0.39 is 9.84 Å². The third kappa shape index (κ3) is 3.22. The van der Waals surface area contributed by atoms with Gasteiger partial charge >= 0.3 is 0 Å². The molecule has 2 fully saturated rings. The van der Waals surface area contributed by atoms with Crippen LogP contribution < -0.4 is 0 Å². The number of sulfone groups is 1. The van der Waals surface area contributed by atoms with Crippen molar-refractivity contribution in [1.82, 2.24) is 4.90 Å². The fraction of sp³-hybridized carbons (Fsp3) is 1.00. The molecule has 0 spiro atoms. The fourth-order valence-corrected chi connectivity index (χ4v) is 3.08. The van der Waals surface area contributed by atoms with Crippen molar-refractivity contribution in [2.75, 3.05) is 37.7 Å². The summed E-state index contributed by atoms with van der Waals surface area (Å²) in [5.41, 5.74) is 0. The maximum absolute atomic E-state index is 11.3. The molecule has 0 aromatic rings. The molecule has 1 atom stereocenters. The number of ether oxygens (including phenoxy) is 1. The minimum atomic E-state index is -2.75. The molecule has 14 heavy (non-hydrogen) atoms. The topological polar surface area (TPSA) is 49.9 Å². The smallest absolute Gasteiger partial charge is 0.151 e. The maximum atomic E-state index is 11.3. The molecule has 0 amide bonds. The van der Waals surface area contributed by atoms with E-state index in [9.17, 15) is 8.42 Å². The number of epoxide rings is 1. The molecule has 2 aliphatic rings. The van der Waals surface area contributed by atoms with Crippen LogP contribution in [-0.2, 0) is 14.6 Å². The van der Waals surface area contributed by atoms with Crippen LogP contribution in [0.1, 0.15) is 12.8 Å². The molecule has 4 nitrogen and oxygen atoms in total. The summed E-state index contributed by atoms with van der Waals surface area (Å²) in [6.45, 7) is 3.51. The van der Waals surface area contributed by atoms with E-state index in [0.29, 0.717) is 24.2 Å². The molecule has 0 radical (unpaired) electrons. The second-order valence-corrected chi connectivity index (χ2v) is 6.39. The van der Waals surface area contributed by atoms with Crippen molar-refractivity contribution in [1.29, 1.82) is 0 Å². The molecule has 0 aliphatic carbocycles. The van der Waals surface area contributed by atoms with Gasteiger partial charge in [0.25, 0.3) is 0 Å². The van der Waals surface area contributed by atoms with Crippen LogP contribution in [0.5, 0.6) is 0 Å². The highest BCUT2D eigenvalue weighted by molar-refractivity contribution is 7.91.